The van der Waals surface area contributed by atoms with E-state index in [4.69, 9.17) is 0 Å². The second-order valence-corrected chi connectivity index (χ2v) is 10.2. The van der Waals surface area contributed by atoms with E-state index < -0.39 is 0 Å². The molecule has 1 saturated heterocycles. The van der Waals surface area contributed by atoms with Crippen molar-refractivity contribution in [2.24, 2.45) is 23.7 Å². The minimum atomic E-state index is -0.110. The summed E-state index contributed by atoms with van der Waals surface area (Å²) in [4.78, 5) is 33.9. The number of urea groups is 1. The van der Waals surface area contributed by atoms with Crippen molar-refractivity contribution in [1.82, 2.24) is 20.5 Å². The Morgan fingerprint density at radius 1 is 1.12 bits per heavy atom. The van der Waals surface area contributed by atoms with Crippen molar-refractivity contribution >= 4 is 17.8 Å². The smallest absolute Gasteiger partial charge is 0.315 e. The summed E-state index contributed by atoms with van der Waals surface area (Å²) in [5, 5.41) is 5.93. The Kier molecular flexibility index (Phi) is 8.75. The minimum Gasteiger partial charge on any atom is -0.353 e. The summed E-state index contributed by atoms with van der Waals surface area (Å²) in [6.07, 6.45) is 5.69. The van der Waals surface area contributed by atoms with Crippen molar-refractivity contribution in [1.29, 1.82) is 0 Å². The summed E-state index contributed by atoms with van der Waals surface area (Å²) >= 11 is 0. The summed E-state index contributed by atoms with van der Waals surface area (Å²) < 4.78 is 0. The number of piperazine rings is 1. The largest absolute Gasteiger partial charge is 0.353 e. The average Bonchev–Trinajstić information content (AvgIpc) is 2.79. The maximum Gasteiger partial charge on any atom is 0.315 e. The summed E-state index contributed by atoms with van der Waals surface area (Å²) in [5.41, 5.74) is 1.28. The van der Waals surface area contributed by atoms with Crippen LogP contribution in [0.25, 0.3) is 0 Å². The zero-order chi connectivity index (χ0) is 24.0. The third-order valence-corrected chi connectivity index (χ3v) is 7.03. The Labute approximate surface area is 199 Å². The molecule has 0 bridgehead atoms. The predicted octanol–water partition coefficient (Wildman–Crippen LogP) is 3.68. The number of hydrogen-bond donors (Lipinski definition) is 2. The normalized spacial score (nSPS) is 23.5. The van der Waals surface area contributed by atoms with Gasteiger partial charge in [0.05, 0.1) is 0 Å². The number of allylic oxidation sites excluding steroid dienone is 1. The number of amides is 3. The molecule has 3 atom stereocenters. The first kappa shape index (κ1) is 25.1. The lowest BCUT2D eigenvalue weighted by Crippen LogP contribution is -2.49. The van der Waals surface area contributed by atoms with Crippen LogP contribution in [0.3, 0.4) is 0 Å². The maximum atomic E-state index is 13.1. The third-order valence-electron chi connectivity index (χ3n) is 7.03. The van der Waals surface area contributed by atoms with Crippen molar-refractivity contribution in [3.63, 3.8) is 0 Å². The quantitative estimate of drug-likeness (QED) is 0.615. The number of aromatic nitrogens is 1. The van der Waals surface area contributed by atoms with Gasteiger partial charge in [-0.1, -0.05) is 31.6 Å². The molecule has 1 aliphatic carbocycles. The summed E-state index contributed by atoms with van der Waals surface area (Å²) in [6.45, 7) is 14.3. The molecule has 1 aliphatic heterocycles. The highest BCUT2D eigenvalue weighted by molar-refractivity contribution is 5.77. The molecule has 3 amide bonds. The standard InChI is InChI=1S/C26H41N5O2/c1-18(2)23-15-21(20(5)14-22(23)17-28-26(33)29-19(3)4)16-25(32)31-12-10-30(11-13-31)24-8-6-7-9-27-24/h6-9,14,18-19,21-23H,10-13,15-17H2,1-5H3,(H2,28,29,33)/t21-,22-,23-/m0/s1. The minimum absolute atomic E-state index is 0.110. The van der Waals surface area contributed by atoms with Gasteiger partial charge in [-0.2, -0.15) is 0 Å². The van der Waals surface area contributed by atoms with Crippen LogP contribution in [0.1, 0.15) is 47.5 Å². The number of carbonyl (C=O) groups excluding carboxylic acids is 2. The molecule has 3 rings (SSSR count). The molecule has 182 valence electrons. The van der Waals surface area contributed by atoms with Gasteiger partial charge in [0, 0.05) is 51.4 Å². The molecule has 0 radical (unpaired) electrons. The topological polar surface area (TPSA) is 77.6 Å². The number of hydrogen-bond acceptors (Lipinski definition) is 4. The Balaban J connectivity index is 1.55. The fraction of sp³-hybridized carbons (Fsp3) is 0.654. The Morgan fingerprint density at radius 2 is 1.85 bits per heavy atom. The van der Waals surface area contributed by atoms with Crippen LogP contribution in [-0.2, 0) is 4.79 Å². The van der Waals surface area contributed by atoms with E-state index in [1.807, 2.05) is 43.1 Å². The van der Waals surface area contributed by atoms with Crippen molar-refractivity contribution in [2.45, 2.75) is 53.5 Å². The maximum absolute atomic E-state index is 13.1. The van der Waals surface area contributed by atoms with Gasteiger partial charge in [0.15, 0.2) is 0 Å². The first-order chi connectivity index (χ1) is 15.7. The van der Waals surface area contributed by atoms with Crippen molar-refractivity contribution in [3.05, 3.63) is 36.0 Å². The van der Waals surface area contributed by atoms with Gasteiger partial charge in [0.25, 0.3) is 0 Å². The van der Waals surface area contributed by atoms with E-state index in [-0.39, 0.29) is 23.9 Å². The summed E-state index contributed by atoms with van der Waals surface area (Å²) in [6, 6.07) is 5.96. The van der Waals surface area contributed by atoms with Crippen molar-refractivity contribution in [2.75, 3.05) is 37.6 Å². The van der Waals surface area contributed by atoms with Crippen molar-refractivity contribution in [3.8, 4) is 0 Å². The van der Waals surface area contributed by atoms with E-state index in [2.05, 4.69) is 47.4 Å². The van der Waals surface area contributed by atoms with Gasteiger partial charge in [-0.05, 0) is 63.0 Å². The monoisotopic (exact) mass is 455 g/mol. The highest BCUT2D eigenvalue weighted by Crippen LogP contribution is 2.39. The van der Waals surface area contributed by atoms with E-state index in [9.17, 15) is 9.59 Å². The number of rotatable bonds is 7. The second-order valence-electron chi connectivity index (χ2n) is 10.2. The van der Waals surface area contributed by atoms with Gasteiger partial charge in [-0.15, -0.1) is 0 Å². The Hall–Kier alpha value is -2.57. The van der Waals surface area contributed by atoms with E-state index in [0.29, 0.717) is 30.7 Å². The molecule has 7 nitrogen and oxygen atoms in total. The third kappa shape index (κ3) is 6.95. The van der Waals surface area contributed by atoms with Crippen molar-refractivity contribution < 1.29 is 9.59 Å². The Bertz CT molecular complexity index is 815. The fourth-order valence-corrected chi connectivity index (χ4v) is 5.10. The molecule has 2 aliphatic rings. The van der Waals surface area contributed by atoms with E-state index >= 15 is 0 Å². The predicted molar refractivity (Wildman–Crippen MR) is 133 cm³/mol. The van der Waals surface area contributed by atoms with Crippen LogP contribution < -0.4 is 15.5 Å². The van der Waals surface area contributed by atoms with Crippen LogP contribution in [0.15, 0.2) is 36.0 Å². The number of nitrogens with zero attached hydrogens (tertiary/aromatic N) is 3. The van der Waals surface area contributed by atoms with Crippen LogP contribution in [-0.4, -0.2) is 60.6 Å². The molecule has 1 aromatic rings. The first-order valence-electron chi connectivity index (χ1n) is 12.4. The van der Waals surface area contributed by atoms with Gasteiger partial charge in [0.2, 0.25) is 5.91 Å². The van der Waals surface area contributed by atoms with Gasteiger partial charge in [-0.3, -0.25) is 4.79 Å². The van der Waals surface area contributed by atoms with E-state index in [1.54, 1.807) is 0 Å². The van der Waals surface area contributed by atoms with Gasteiger partial charge in [0.1, 0.15) is 5.82 Å². The molecule has 7 heteroatoms. The molecule has 0 unspecified atom stereocenters. The second kappa shape index (κ2) is 11.5. The molecular formula is C26H41N5O2. The highest BCUT2D eigenvalue weighted by Gasteiger charge is 2.34. The van der Waals surface area contributed by atoms with Gasteiger partial charge < -0.3 is 20.4 Å². The molecular weight excluding hydrogens is 414 g/mol. The molecule has 0 aromatic carbocycles. The van der Waals surface area contributed by atoms with E-state index in [1.165, 1.54) is 5.57 Å². The first-order valence-corrected chi connectivity index (χ1v) is 12.4. The average molecular weight is 456 g/mol. The van der Waals surface area contributed by atoms with Gasteiger partial charge in [-0.25, -0.2) is 9.78 Å². The lowest BCUT2D eigenvalue weighted by molar-refractivity contribution is -0.132. The molecule has 0 saturated carbocycles. The lowest BCUT2D eigenvalue weighted by Gasteiger charge is -2.39. The van der Waals surface area contributed by atoms with Crippen LogP contribution in [0.2, 0.25) is 0 Å². The molecule has 1 aromatic heterocycles. The summed E-state index contributed by atoms with van der Waals surface area (Å²) in [7, 11) is 0. The molecule has 2 heterocycles. The number of anilines is 1. The van der Waals surface area contributed by atoms with Crippen LogP contribution in [0.4, 0.5) is 10.6 Å². The number of nitrogens with one attached hydrogen (secondary N) is 2. The number of pyridine rings is 1. The zero-order valence-corrected chi connectivity index (χ0v) is 20.9. The molecule has 0 spiro atoms. The van der Waals surface area contributed by atoms with Crippen LogP contribution in [0.5, 0.6) is 0 Å². The van der Waals surface area contributed by atoms with Crippen LogP contribution in [0, 0.1) is 23.7 Å². The van der Waals surface area contributed by atoms with E-state index in [0.717, 1.165) is 38.4 Å². The molecule has 1 fully saturated rings. The van der Waals surface area contributed by atoms with Gasteiger partial charge >= 0.3 is 6.03 Å². The van der Waals surface area contributed by atoms with Crippen LogP contribution >= 0.6 is 0 Å². The zero-order valence-electron chi connectivity index (χ0n) is 20.9. The highest BCUT2D eigenvalue weighted by atomic mass is 16.2. The SMILES string of the molecule is CC1=C[C@@H](CNC(=O)NC(C)C)[C@H](C(C)C)C[C@H]1CC(=O)N1CCN(c2ccccn2)CC1. The number of carbonyl (C=O) groups is 2. The Morgan fingerprint density at radius 3 is 2.45 bits per heavy atom. The lowest BCUT2D eigenvalue weighted by atomic mass is 9.69. The fourth-order valence-electron chi connectivity index (χ4n) is 5.10. The summed E-state index contributed by atoms with van der Waals surface area (Å²) in [5.74, 6) is 2.76. The molecule has 33 heavy (non-hydrogen) atoms. The molecule has 2 N–H and O–H groups in total.